The molecule has 1 fully saturated rings. The molecule has 1 aliphatic heterocycles. The van der Waals surface area contributed by atoms with E-state index in [1.807, 2.05) is 37.3 Å². The Morgan fingerprint density at radius 3 is 2.60 bits per heavy atom. The second kappa shape index (κ2) is 6.70. The summed E-state index contributed by atoms with van der Waals surface area (Å²) in [5, 5.41) is -0.547. The minimum absolute atomic E-state index is 0.0893. The number of ether oxygens (including phenoxy) is 1. The molecule has 2 rings (SSSR count). The Morgan fingerprint density at radius 1 is 1.35 bits per heavy atom. The molecule has 3 unspecified atom stereocenters. The maximum absolute atomic E-state index is 12.6. The van der Waals surface area contributed by atoms with Crippen LogP contribution in [0.3, 0.4) is 0 Å². The van der Waals surface area contributed by atoms with Crippen molar-refractivity contribution in [1.29, 1.82) is 0 Å². The molecule has 5 heteroatoms. The molecule has 0 bridgehead atoms. The summed E-state index contributed by atoms with van der Waals surface area (Å²) in [7, 11) is -3.25. The molecule has 1 saturated heterocycles. The number of sulfone groups is 1. The maximum atomic E-state index is 12.6. The number of hydrogen-bond donors (Lipinski definition) is 1. The lowest BCUT2D eigenvalue weighted by atomic mass is 10.0. The van der Waals surface area contributed by atoms with Crippen LogP contribution in [0.2, 0.25) is 0 Å². The fourth-order valence-electron chi connectivity index (χ4n) is 2.78. The van der Waals surface area contributed by atoms with Crippen molar-refractivity contribution in [3.8, 4) is 0 Å². The maximum Gasteiger partial charge on any atom is 0.157 e. The highest BCUT2D eigenvalue weighted by molar-refractivity contribution is 7.92. The van der Waals surface area contributed by atoms with Gasteiger partial charge in [0.05, 0.1) is 17.1 Å². The van der Waals surface area contributed by atoms with E-state index in [9.17, 15) is 8.42 Å². The first-order valence-corrected chi connectivity index (χ1v) is 8.90. The Hall–Kier alpha value is -0.910. The summed E-state index contributed by atoms with van der Waals surface area (Å²) in [6.45, 7) is 2.54. The van der Waals surface area contributed by atoms with Gasteiger partial charge in [-0.1, -0.05) is 37.3 Å². The lowest BCUT2D eigenvalue weighted by molar-refractivity contribution is 0.127. The van der Waals surface area contributed by atoms with Gasteiger partial charge in [-0.3, -0.25) is 0 Å². The van der Waals surface area contributed by atoms with Gasteiger partial charge in [-0.15, -0.1) is 0 Å². The fraction of sp³-hybridized carbons (Fsp3) is 0.600. The topological polar surface area (TPSA) is 69.4 Å². The SMILES string of the molecule is CCC(C(N)c1ccccc1)S(=O)(=O)CC1CCCO1. The Morgan fingerprint density at radius 2 is 2.05 bits per heavy atom. The zero-order valence-electron chi connectivity index (χ0n) is 11.9. The van der Waals surface area contributed by atoms with Crippen molar-refractivity contribution in [2.75, 3.05) is 12.4 Å². The van der Waals surface area contributed by atoms with E-state index in [-0.39, 0.29) is 11.9 Å². The molecule has 112 valence electrons. The first-order chi connectivity index (χ1) is 9.54. The molecule has 4 nitrogen and oxygen atoms in total. The van der Waals surface area contributed by atoms with Crippen LogP contribution in [-0.2, 0) is 14.6 Å². The van der Waals surface area contributed by atoms with E-state index in [1.165, 1.54) is 0 Å². The Bertz CT molecular complexity index is 509. The molecule has 0 spiro atoms. The summed E-state index contributed by atoms with van der Waals surface area (Å²) in [5.74, 6) is 0.0893. The summed E-state index contributed by atoms with van der Waals surface area (Å²) in [6, 6.07) is 8.96. The number of benzene rings is 1. The van der Waals surface area contributed by atoms with Crippen LogP contribution in [0.25, 0.3) is 0 Å². The van der Waals surface area contributed by atoms with Crippen molar-refractivity contribution in [2.45, 2.75) is 43.6 Å². The minimum Gasteiger partial charge on any atom is -0.377 e. The van der Waals surface area contributed by atoms with E-state index in [2.05, 4.69) is 0 Å². The first kappa shape index (κ1) is 15.5. The largest absolute Gasteiger partial charge is 0.377 e. The van der Waals surface area contributed by atoms with Gasteiger partial charge in [-0.05, 0) is 24.8 Å². The van der Waals surface area contributed by atoms with E-state index < -0.39 is 21.1 Å². The normalized spacial score (nSPS) is 22.6. The highest BCUT2D eigenvalue weighted by Crippen LogP contribution is 2.25. The van der Waals surface area contributed by atoms with E-state index >= 15 is 0 Å². The van der Waals surface area contributed by atoms with Crippen molar-refractivity contribution in [3.05, 3.63) is 35.9 Å². The van der Waals surface area contributed by atoms with Crippen molar-refractivity contribution >= 4 is 9.84 Å². The molecule has 2 N–H and O–H groups in total. The van der Waals surface area contributed by atoms with Gasteiger partial charge in [0.1, 0.15) is 0 Å². The third kappa shape index (κ3) is 3.59. The number of hydrogen-bond acceptors (Lipinski definition) is 4. The third-order valence-electron chi connectivity index (χ3n) is 3.89. The molecule has 1 heterocycles. The molecule has 20 heavy (non-hydrogen) atoms. The average molecular weight is 297 g/mol. The summed E-state index contributed by atoms with van der Waals surface area (Å²) in [4.78, 5) is 0. The van der Waals surface area contributed by atoms with Crippen LogP contribution in [0.4, 0.5) is 0 Å². The van der Waals surface area contributed by atoms with E-state index in [4.69, 9.17) is 10.5 Å². The quantitative estimate of drug-likeness (QED) is 0.872. The van der Waals surface area contributed by atoms with Gasteiger partial charge in [0.25, 0.3) is 0 Å². The third-order valence-corrected chi connectivity index (χ3v) is 6.28. The van der Waals surface area contributed by atoms with Crippen LogP contribution in [0, 0.1) is 0 Å². The highest BCUT2D eigenvalue weighted by atomic mass is 32.2. The Kier molecular flexibility index (Phi) is 5.18. The van der Waals surface area contributed by atoms with Gasteiger partial charge in [-0.2, -0.15) is 0 Å². The van der Waals surface area contributed by atoms with Gasteiger partial charge >= 0.3 is 0 Å². The second-order valence-electron chi connectivity index (χ2n) is 5.35. The predicted molar refractivity (Wildman–Crippen MR) is 80.2 cm³/mol. The van der Waals surface area contributed by atoms with Gasteiger partial charge in [-0.25, -0.2) is 8.42 Å². The van der Waals surface area contributed by atoms with Crippen LogP contribution >= 0.6 is 0 Å². The van der Waals surface area contributed by atoms with Crippen molar-refractivity contribution in [2.24, 2.45) is 5.73 Å². The van der Waals surface area contributed by atoms with Gasteiger partial charge in [0, 0.05) is 12.6 Å². The predicted octanol–water partition coefficient (Wildman–Crippen LogP) is 2.06. The molecule has 0 radical (unpaired) electrons. The monoisotopic (exact) mass is 297 g/mol. The second-order valence-corrected chi connectivity index (χ2v) is 7.61. The first-order valence-electron chi connectivity index (χ1n) is 7.18. The van der Waals surface area contributed by atoms with Gasteiger partial charge < -0.3 is 10.5 Å². The van der Waals surface area contributed by atoms with E-state index in [0.29, 0.717) is 13.0 Å². The number of rotatable bonds is 6. The molecular formula is C15H23NO3S. The van der Waals surface area contributed by atoms with Crippen LogP contribution in [0.5, 0.6) is 0 Å². The molecule has 0 aliphatic carbocycles. The Labute approximate surface area is 121 Å². The van der Waals surface area contributed by atoms with Crippen LogP contribution < -0.4 is 5.73 Å². The van der Waals surface area contributed by atoms with E-state index in [1.54, 1.807) is 0 Å². The molecule has 1 aromatic carbocycles. The van der Waals surface area contributed by atoms with Crippen molar-refractivity contribution in [1.82, 2.24) is 0 Å². The lowest BCUT2D eigenvalue weighted by Crippen LogP contribution is -2.37. The van der Waals surface area contributed by atoms with Crippen LogP contribution in [-0.4, -0.2) is 32.1 Å². The van der Waals surface area contributed by atoms with Gasteiger partial charge in [0.15, 0.2) is 9.84 Å². The minimum atomic E-state index is -3.25. The lowest BCUT2D eigenvalue weighted by Gasteiger charge is -2.24. The summed E-state index contributed by atoms with van der Waals surface area (Å²) >= 11 is 0. The van der Waals surface area contributed by atoms with Crippen molar-refractivity contribution in [3.63, 3.8) is 0 Å². The van der Waals surface area contributed by atoms with Gasteiger partial charge in [0.2, 0.25) is 0 Å². The van der Waals surface area contributed by atoms with Crippen LogP contribution in [0.1, 0.15) is 37.8 Å². The molecule has 0 aromatic heterocycles. The zero-order valence-corrected chi connectivity index (χ0v) is 12.7. The smallest absolute Gasteiger partial charge is 0.157 e. The van der Waals surface area contributed by atoms with Crippen molar-refractivity contribution < 1.29 is 13.2 Å². The zero-order chi connectivity index (χ0) is 14.6. The number of nitrogens with two attached hydrogens (primary N) is 1. The Balaban J connectivity index is 2.13. The highest BCUT2D eigenvalue weighted by Gasteiger charge is 2.34. The molecule has 1 aliphatic rings. The average Bonchev–Trinajstić information content (AvgIpc) is 2.92. The summed E-state index contributed by atoms with van der Waals surface area (Å²) in [6.07, 6.45) is 2.14. The molecule has 0 amide bonds. The summed E-state index contributed by atoms with van der Waals surface area (Å²) in [5.41, 5.74) is 7.06. The molecule has 3 atom stereocenters. The van der Waals surface area contributed by atoms with E-state index in [0.717, 1.165) is 18.4 Å². The molecule has 0 saturated carbocycles. The van der Waals surface area contributed by atoms with Crippen LogP contribution in [0.15, 0.2) is 30.3 Å². The standard InChI is InChI=1S/C15H23NO3S/c1-2-14(15(16)12-7-4-3-5-8-12)20(17,18)11-13-9-6-10-19-13/h3-5,7-8,13-15H,2,6,9-11,16H2,1H3. The summed E-state index contributed by atoms with van der Waals surface area (Å²) < 4.78 is 30.6. The fourth-order valence-corrected chi connectivity index (χ4v) is 4.92. The molecular weight excluding hydrogens is 274 g/mol. The molecule has 1 aromatic rings.